The fourth-order valence-electron chi connectivity index (χ4n) is 1.39. The standard InChI is InChI=1S/C11H14F2N2O/c1-11(2,10(16)15-14-3)8-5-4-7(12)6-9(8)13/h4-6,14H,1-3H3,(H,15,16). The molecule has 0 heterocycles. The van der Waals surface area contributed by atoms with Gasteiger partial charge in [0.25, 0.3) is 0 Å². The lowest BCUT2D eigenvalue weighted by atomic mass is 9.83. The monoisotopic (exact) mass is 228 g/mol. The van der Waals surface area contributed by atoms with Gasteiger partial charge in [-0.25, -0.2) is 14.2 Å². The first-order valence-corrected chi connectivity index (χ1v) is 4.82. The van der Waals surface area contributed by atoms with E-state index in [1.807, 2.05) is 0 Å². The summed E-state index contributed by atoms with van der Waals surface area (Å²) in [7, 11) is 1.54. The Morgan fingerprint density at radius 2 is 1.94 bits per heavy atom. The van der Waals surface area contributed by atoms with E-state index >= 15 is 0 Å². The van der Waals surface area contributed by atoms with Crippen LogP contribution in [0.25, 0.3) is 0 Å². The Balaban J connectivity index is 3.11. The predicted octanol–water partition coefficient (Wildman–Crippen LogP) is 1.49. The number of benzene rings is 1. The lowest BCUT2D eigenvalue weighted by molar-refractivity contribution is -0.126. The molecule has 0 aliphatic carbocycles. The van der Waals surface area contributed by atoms with Gasteiger partial charge in [-0.1, -0.05) is 6.07 Å². The quantitative estimate of drug-likeness (QED) is 0.770. The fraction of sp³-hybridized carbons (Fsp3) is 0.364. The third-order valence-electron chi connectivity index (χ3n) is 2.41. The van der Waals surface area contributed by atoms with E-state index in [9.17, 15) is 13.6 Å². The number of hydrogen-bond donors (Lipinski definition) is 2. The van der Waals surface area contributed by atoms with E-state index in [0.717, 1.165) is 12.1 Å². The molecule has 0 aromatic heterocycles. The summed E-state index contributed by atoms with van der Waals surface area (Å²) in [6, 6.07) is 3.18. The van der Waals surface area contributed by atoms with E-state index < -0.39 is 17.0 Å². The number of hydrogen-bond acceptors (Lipinski definition) is 2. The normalized spacial score (nSPS) is 11.3. The molecule has 0 aliphatic heterocycles. The second kappa shape index (κ2) is 4.57. The maximum Gasteiger partial charge on any atom is 0.244 e. The summed E-state index contributed by atoms with van der Waals surface area (Å²) >= 11 is 0. The van der Waals surface area contributed by atoms with Gasteiger partial charge in [-0.15, -0.1) is 0 Å². The first-order chi connectivity index (χ1) is 7.39. The molecule has 0 aliphatic rings. The van der Waals surface area contributed by atoms with Crippen molar-refractivity contribution < 1.29 is 13.6 Å². The molecule has 1 aromatic carbocycles. The highest BCUT2D eigenvalue weighted by atomic mass is 19.1. The minimum atomic E-state index is -1.07. The van der Waals surface area contributed by atoms with Crippen molar-refractivity contribution in [3.8, 4) is 0 Å². The van der Waals surface area contributed by atoms with E-state index in [2.05, 4.69) is 10.9 Å². The van der Waals surface area contributed by atoms with Gasteiger partial charge < -0.3 is 0 Å². The molecule has 0 saturated carbocycles. The number of carbonyl (C=O) groups is 1. The van der Waals surface area contributed by atoms with E-state index in [1.54, 1.807) is 13.8 Å². The number of carbonyl (C=O) groups excluding carboxylic acids is 1. The van der Waals surface area contributed by atoms with Crippen LogP contribution in [0.1, 0.15) is 19.4 Å². The molecule has 0 unspecified atom stereocenters. The molecule has 0 fully saturated rings. The molecular formula is C11H14F2N2O. The van der Waals surface area contributed by atoms with Crippen molar-refractivity contribution in [2.45, 2.75) is 19.3 Å². The zero-order chi connectivity index (χ0) is 12.3. The largest absolute Gasteiger partial charge is 0.291 e. The van der Waals surface area contributed by atoms with Gasteiger partial charge in [-0.2, -0.15) is 0 Å². The molecule has 1 aromatic rings. The molecule has 0 atom stereocenters. The van der Waals surface area contributed by atoms with Crippen molar-refractivity contribution in [3.05, 3.63) is 35.4 Å². The van der Waals surface area contributed by atoms with Gasteiger partial charge in [0.15, 0.2) is 0 Å². The molecule has 0 spiro atoms. The zero-order valence-corrected chi connectivity index (χ0v) is 9.40. The smallest absolute Gasteiger partial charge is 0.244 e. The van der Waals surface area contributed by atoms with Crippen LogP contribution >= 0.6 is 0 Å². The molecule has 88 valence electrons. The number of halogens is 2. The molecule has 0 radical (unpaired) electrons. The SMILES string of the molecule is CNNC(=O)C(C)(C)c1ccc(F)cc1F. The average Bonchev–Trinajstić information content (AvgIpc) is 2.17. The highest BCUT2D eigenvalue weighted by Crippen LogP contribution is 2.26. The lowest BCUT2D eigenvalue weighted by Gasteiger charge is -2.24. The summed E-state index contributed by atoms with van der Waals surface area (Å²) in [5.74, 6) is -1.78. The van der Waals surface area contributed by atoms with E-state index in [0.29, 0.717) is 0 Å². The van der Waals surface area contributed by atoms with Gasteiger partial charge in [0, 0.05) is 18.7 Å². The van der Waals surface area contributed by atoms with Crippen molar-refractivity contribution in [3.63, 3.8) is 0 Å². The summed E-state index contributed by atoms with van der Waals surface area (Å²) in [4.78, 5) is 11.7. The van der Waals surface area contributed by atoms with Crippen molar-refractivity contribution in [2.24, 2.45) is 0 Å². The van der Waals surface area contributed by atoms with Crippen molar-refractivity contribution >= 4 is 5.91 Å². The van der Waals surface area contributed by atoms with Crippen LogP contribution in [0.5, 0.6) is 0 Å². The molecule has 0 saturated heterocycles. The Bertz CT molecular complexity index is 405. The third kappa shape index (κ3) is 2.36. The molecule has 1 rings (SSSR count). The molecule has 16 heavy (non-hydrogen) atoms. The fourth-order valence-corrected chi connectivity index (χ4v) is 1.39. The summed E-state index contributed by atoms with van der Waals surface area (Å²) in [5.41, 5.74) is 3.94. The molecule has 5 heteroatoms. The summed E-state index contributed by atoms with van der Waals surface area (Å²) in [5, 5.41) is 0. The van der Waals surface area contributed by atoms with Crippen molar-refractivity contribution in [2.75, 3.05) is 7.05 Å². The van der Waals surface area contributed by atoms with Crippen molar-refractivity contribution in [1.29, 1.82) is 0 Å². The molecule has 2 N–H and O–H groups in total. The highest BCUT2D eigenvalue weighted by molar-refractivity contribution is 5.86. The van der Waals surface area contributed by atoms with Gasteiger partial charge in [-0.05, 0) is 19.9 Å². The first-order valence-electron chi connectivity index (χ1n) is 4.82. The number of nitrogens with one attached hydrogen (secondary N) is 2. The summed E-state index contributed by atoms with van der Waals surface area (Å²) in [6.45, 7) is 3.13. The molecule has 1 amide bonds. The van der Waals surface area contributed by atoms with Crippen LogP contribution in [-0.2, 0) is 10.2 Å². The van der Waals surface area contributed by atoms with E-state index in [-0.39, 0.29) is 11.5 Å². The van der Waals surface area contributed by atoms with Crippen LogP contribution in [0, 0.1) is 11.6 Å². The maximum absolute atomic E-state index is 13.5. The van der Waals surface area contributed by atoms with E-state index in [4.69, 9.17) is 0 Å². The van der Waals surface area contributed by atoms with Crippen LogP contribution in [-0.4, -0.2) is 13.0 Å². The second-order valence-corrected chi connectivity index (χ2v) is 3.95. The third-order valence-corrected chi connectivity index (χ3v) is 2.41. The Morgan fingerprint density at radius 3 is 2.44 bits per heavy atom. The van der Waals surface area contributed by atoms with E-state index in [1.165, 1.54) is 13.1 Å². The van der Waals surface area contributed by atoms with Gasteiger partial charge in [0.2, 0.25) is 5.91 Å². The number of amides is 1. The number of hydrazine groups is 1. The Morgan fingerprint density at radius 1 is 1.31 bits per heavy atom. The van der Waals surface area contributed by atoms with Gasteiger partial charge in [0.1, 0.15) is 11.6 Å². The zero-order valence-electron chi connectivity index (χ0n) is 9.40. The minimum Gasteiger partial charge on any atom is -0.291 e. The van der Waals surface area contributed by atoms with Gasteiger partial charge >= 0.3 is 0 Å². The second-order valence-electron chi connectivity index (χ2n) is 3.95. The molecule has 3 nitrogen and oxygen atoms in total. The number of rotatable bonds is 3. The van der Waals surface area contributed by atoms with Gasteiger partial charge in [0.05, 0.1) is 5.41 Å². The van der Waals surface area contributed by atoms with Crippen LogP contribution in [0.2, 0.25) is 0 Å². The Hall–Kier alpha value is -1.49. The molecular weight excluding hydrogens is 214 g/mol. The van der Waals surface area contributed by atoms with Crippen LogP contribution in [0.15, 0.2) is 18.2 Å². The maximum atomic E-state index is 13.5. The topological polar surface area (TPSA) is 41.1 Å². The van der Waals surface area contributed by atoms with Crippen LogP contribution in [0.4, 0.5) is 8.78 Å². The van der Waals surface area contributed by atoms with Crippen molar-refractivity contribution in [1.82, 2.24) is 10.9 Å². The highest BCUT2D eigenvalue weighted by Gasteiger charge is 2.32. The first kappa shape index (κ1) is 12.6. The van der Waals surface area contributed by atoms with Gasteiger partial charge in [-0.3, -0.25) is 10.2 Å². The average molecular weight is 228 g/mol. The lowest BCUT2D eigenvalue weighted by Crippen LogP contribution is -2.45. The van der Waals surface area contributed by atoms with Crippen LogP contribution in [0.3, 0.4) is 0 Å². The van der Waals surface area contributed by atoms with Crippen LogP contribution < -0.4 is 10.9 Å². The molecule has 0 bridgehead atoms. The minimum absolute atomic E-state index is 0.154. The predicted molar refractivity (Wildman–Crippen MR) is 56.6 cm³/mol. The summed E-state index contributed by atoms with van der Waals surface area (Å²) in [6.07, 6.45) is 0. The summed E-state index contributed by atoms with van der Waals surface area (Å²) < 4.78 is 26.2. The Labute approximate surface area is 92.8 Å². The Kier molecular flexibility index (Phi) is 3.59.